The fraction of sp³-hybridized carbons (Fsp3) is 0.700. The minimum Gasteiger partial charge on any atom is -0.337 e. The molecule has 1 aromatic heterocycles. The van der Waals surface area contributed by atoms with Crippen LogP contribution in [-0.4, -0.2) is 25.8 Å². The number of rotatable bonds is 3. The van der Waals surface area contributed by atoms with Gasteiger partial charge >= 0.3 is 0 Å². The quantitative estimate of drug-likeness (QED) is 0.830. The normalized spacial score (nSPS) is 14.1. The van der Waals surface area contributed by atoms with Gasteiger partial charge in [-0.1, -0.05) is 20.8 Å². The molecule has 0 bridgehead atoms. The maximum absolute atomic E-state index is 11.1. The fourth-order valence-corrected chi connectivity index (χ4v) is 2.15. The summed E-state index contributed by atoms with van der Waals surface area (Å²) in [5.74, 6) is 0.648. The van der Waals surface area contributed by atoms with Gasteiger partial charge in [-0.05, 0) is 12.2 Å². The lowest BCUT2D eigenvalue weighted by Gasteiger charge is -2.20. The van der Waals surface area contributed by atoms with Crippen LogP contribution in [0.3, 0.4) is 0 Å². The largest absolute Gasteiger partial charge is 0.337 e. The molecule has 0 saturated carbocycles. The van der Waals surface area contributed by atoms with E-state index in [1.54, 1.807) is 6.26 Å². The molecule has 0 spiro atoms. The summed E-state index contributed by atoms with van der Waals surface area (Å²) in [7, 11) is -0.775. The molecule has 0 aliphatic rings. The summed E-state index contributed by atoms with van der Waals surface area (Å²) in [6, 6.07) is 0. The van der Waals surface area contributed by atoms with Crippen LogP contribution in [-0.2, 0) is 22.8 Å². The molecule has 1 aromatic rings. The molecule has 86 valence electrons. The van der Waals surface area contributed by atoms with Gasteiger partial charge in [0.2, 0.25) is 0 Å². The molecular formula is C10H18N2OS2. The predicted octanol–water partition coefficient (Wildman–Crippen LogP) is 2.22. The second-order valence-electron chi connectivity index (χ2n) is 4.66. The number of hydrogen-bond donors (Lipinski definition) is 1. The molecule has 0 aromatic carbocycles. The van der Waals surface area contributed by atoms with Crippen molar-refractivity contribution in [2.24, 2.45) is 0 Å². The van der Waals surface area contributed by atoms with Crippen molar-refractivity contribution in [2.45, 2.75) is 32.7 Å². The van der Waals surface area contributed by atoms with Crippen LogP contribution < -0.4 is 0 Å². The van der Waals surface area contributed by atoms with Crippen molar-refractivity contribution >= 4 is 23.0 Å². The molecule has 1 rings (SSSR count). The van der Waals surface area contributed by atoms with Crippen molar-refractivity contribution in [1.29, 1.82) is 0 Å². The summed E-state index contributed by atoms with van der Waals surface area (Å²) < 4.78 is 13.8. The molecule has 1 atom stereocenters. The first kappa shape index (κ1) is 12.6. The maximum atomic E-state index is 11.1. The van der Waals surface area contributed by atoms with Crippen LogP contribution in [0.15, 0.2) is 6.20 Å². The fourth-order valence-electron chi connectivity index (χ4n) is 1.46. The van der Waals surface area contributed by atoms with E-state index in [1.807, 2.05) is 10.8 Å². The smallest absolute Gasteiger partial charge is 0.177 e. The Morgan fingerprint density at radius 1 is 1.53 bits per heavy atom. The molecule has 1 heterocycles. The highest BCUT2D eigenvalue weighted by Gasteiger charge is 2.18. The summed E-state index contributed by atoms with van der Waals surface area (Å²) in [5, 5.41) is 0. The Kier molecular flexibility index (Phi) is 3.89. The van der Waals surface area contributed by atoms with Gasteiger partial charge in [-0.3, -0.25) is 4.21 Å². The predicted molar refractivity (Wildman–Crippen MR) is 67.3 cm³/mol. The molecule has 1 unspecified atom stereocenters. The van der Waals surface area contributed by atoms with E-state index in [4.69, 9.17) is 12.2 Å². The minimum absolute atomic E-state index is 0.0583. The van der Waals surface area contributed by atoms with Crippen LogP contribution in [0.2, 0.25) is 0 Å². The van der Waals surface area contributed by atoms with E-state index in [9.17, 15) is 4.21 Å². The Labute approximate surface area is 98.4 Å². The highest BCUT2D eigenvalue weighted by Crippen LogP contribution is 2.22. The molecule has 3 nitrogen and oxygen atoms in total. The van der Waals surface area contributed by atoms with E-state index in [-0.39, 0.29) is 5.41 Å². The molecule has 0 aliphatic carbocycles. The number of hydrogen-bond acceptors (Lipinski definition) is 2. The molecule has 0 saturated heterocycles. The van der Waals surface area contributed by atoms with Crippen molar-refractivity contribution in [2.75, 3.05) is 12.0 Å². The monoisotopic (exact) mass is 246 g/mol. The molecule has 0 amide bonds. The SMILES string of the molecule is CS(=O)CCn1c(C(C)(C)C)c[nH]c1=S. The van der Waals surface area contributed by atoms with E-state index in [2.05, 4.69) is 25.8 Å². The molecule has 0 aliphatic heterocycles. The van der Waals surface area contributed by atoms with Crippen molar-refractivity contribution < 1.29 is 4.21 Å². The third-order valence-corrected chi connectivity index (χ3v) is 3.33. The Hall–Kier alpha value is -0.420. The standard InChI is InChI=1S/C10H18N2OS2/c1-10(2,3)8-7-11-9(14)12(8)5-6-15(4)13/h7H,5-6H2,1-4H3,(H,11,14). The molecule has 5 heteroatoms. The topological polar surface area (TPSA) is 37.8 Å². The summed E-state index contributed by atoms with van der Waals surface area (Å²) in [4.78, 5) is 3.05. The number of nitrogens with zero attached hydrogens (tertiary/aromatic N) is 1. The number of aromatic amines is 1. The van der Waals surface area contributed by atoms with Crippen molar-refractivity contribution in [1.82, 2.24) is 9.55 Å². The zero-order valence-corrected chi connectivity index (χ0v) is 11.3. The molecule has 0 radical (unpaired) electrons. The highest BCUT2D eigenvalue weighted by molar-refractivity contribution is 7.84. The summed E-state index contributed by atoms with van der Waals surface area (Å²) in [5.41, 5.74) is 1.22. The first-order valence-electron chi connectivity index (χ1n) is 4.91. The minimum atomic E-state index is -0.775. The van der Waals surface area contributed by atoms with Crippen LogP contribution >= 0.6 is 12.2 Å². The first-order chi connectivity index (χ1) is 6.82. The Bertz CT molecular complexity index is 412. The van der Waals surface area contributed by atoms with Crippen molar-refractivity contribution in [3.05, 3.63) is 16.7 Å². The van der Waals surface area contributed by atoms with Crippen LogP contribution in [0.1, 0.15) is 26.5 Å². The van der Waals surface area contributed by atoms with Gasteiger partial charge in [-0.25, -0.2) is 0 Å². The zero-order chi connectivity index (χ0) is 11.6. The highest BCUT2D eigenvalue weighted by atomic mass is 32.2. The molecular weight excluding hydrogens is 228 g/mol. The van der Waals surface area contributed by atoms with E-state index in [0.29, 0.717) is 10.5 Å². The van der Waals surface area contributed by atoms with Crippen LogP contribution in [0.4, 0.5) is 0 Å². The Morgan fingerprint density at radius 2 is 2.13 bits per heavy atom. The number of H-pyrrole nitrogens is 1. The second kappa shape index (κ2) is 4.61. The number of aromatic nitrogens is 2. The van der Waals surface area contributed by atoms with Gasteiger partial charge < -0.3 is 9.55 Å². The number of nitrogens with one attached hydrogen (secondary N) is 1. The molecule has 0 fully saturated rings. The Morgan fingerprint density at radius 3 is 2.60 bits per heavy atom. The lowest BCUT2D eigenvalue weighted by atomic mass is 9.93. The average molecular weight is 246 g/mol. The van der Waals surface area contributed by atoms with Gasteiger partial charge in [0, 0.05) is 46.7 Å². The zero-order valence-electron chi connectivity index (χ0n) is 9.66. The third kappa shape index (κ3) is 3.28. The van der Waals surface area contributed by atoms with E-state index >= 15 is 0 Å². The Balaban J connectivity index is 3.00. The summed E-state index contributed by atoms with van der Waals surface area (Å²) >= 11 is 5.20. The van der Waals surface area contributed by atoms with Crippen molar-refractivity contribution in [3.8, 4) is 0 Å². The van der Waals surface area contributed by atoms with Crippen LogP contribution in [0.25, 0.3) is 0 Å². The summed E-state index contributed by atoms with van der Waals surface area (Å²) in [6.07, 6.45) is 3.66. The van der Waals surface area contributed by atoms with Gasteiger partial charge in [0.05, 0.1) is 0 Å². The third-order valence-electron chi connectivity index (χ3n) is 2.24. The van der Waals surface area contributed by atoms with E-state index in [1.165, 1.54) is 0 Å². The lowest BCUT2D eigenvalue weighted by molar-refractivity contribution is 0.524. The summed E-state index contributed by atoms with van der Waals surface area (Å²) in [6.45, 7) is 7.15. The molecule has 15 heavy (non-hydrogen) atoms. The van der Waals surface area contributed by atoms with Gasteiger partial charge in [0.15, 0.2) is 4.77 Å². The average Bonchev–Trinajstić information content (AvgIpc) is 2.42. The van der Waals surface area contributed by atoms with Gasteiger partial charge in [0.1, 0.15) is 0 Å². The van der Waals surface area contributed by atoms with Gasteiger partial charge in [-0.2, -0.15) is 0 Å². The van der Waals surface area contributed by atoms with Gasteiger partial charge in [-0.15, -0.1) is 0 Å². The van der Waals surface area contributed by atoms with Crippen molar-refractivity contribution in [3.63, 3.8) is 0 Å². The lowest BCUT2D eigenvalue weighted by Crippen LogP contribution is -2.19. The molecule has 1 N–H and O–H groups in total. The number of imidazole rings is 1. The van der Waals surface area contributed by atoms with Crippen LogP contribution in [0.5, 0.6) is 0 Å². The van der Waals surface area contributed by atoms with Gasteiger partial charge in [0.25, 0.3) is 0 Å². The van der Waals surface area contributed by atoms with Crippen LogP contribution in [0, 0.1) is 4.77 Å². The maximum Gasteiger partial charge on any atom is 0.177 e. The van der Waals surface area contributed by atoms with E-state index in [0.717, 1.165) is 12.2 Å². The van der Waals surface area contributed by atoms with E-state index < -0.39 is 10.8 Å². The second-order valence-corrected chi connectivity index (χ2v) is 6.60. The first-order valence-corrected chi connectivity index (χ1v) is 7.04.